The molecule has 6 N–H and O–H groups in total. The lowest BCUT2D eigenvalue weighted by Gasteiger charge is -2.41. The molecule has 0 bridgehead atoms. The van der Waals surface area contributed by atoms with Gasteiger partial charge < -0.3 is 39.9 Å². The van der Waals surface area contributed by atoms with Crippen LogP contribution in [0.2, 0.25) is 0 Å². The summed E-state index contributed by atoms with van der Waals surface area (Å²) in [6.45, 7) is 3.29. The van der Waals surface area contributed by atoms with Crippen LogP contribution in [0, 0.1) is 0 Å². The molecule has 1 aliphatic carbocycles. The molecule has 338 valence electrons. The van der Waals surface area contributed by atoms with Crippen LogP contribution in [0.1, 0.15) is 206 Å². The molecule has 0 amide bonds. The zero-order chi connectivity index (χ0) is 42.2. The van der Waals surface area contributed by atoms with Crippen LogP contribution in [0.25, 0.3) is 0 Å². The summed E-state index contributed by atoms with van der Waals surface area (Å²) >= 11 is 0. The number of rotatable bonds is 38. The van der Waals surface area contributed by atoms with E-state index >= 15 is 0 Å². The van der Waals surface area contributed by atoms with Gasteiger partial charge in [0.1, 0.15) is 43.2 Å². The highest BCUT2D eigenvalue weighted by Crippen LogP contribution is 2.47. The number of aliphatic hydroxyl groups excluding tert-OH is 5. The minimum Gasteiger partial charge on any atom is -0.462 e. The number of phosphoric acid groups is 1. The standard InChI is InChI=1S/C43H83O13P/c1-3-5-7-9-11-13-14-15-16-17-18-19-20-21-22-24-26-28-30-32-37(45)55-35(33-53-36(44)31-29-27-25-23-12-10-8-6-4-2)34-54-57(51,52)56-43-41(49)39(47)38(46)40(48)42(43)50/h35,38-43,46-50H,3-34H2,1-2H3,(H,51,52). The maximum Gasteiger partial charge on any atom is 0.472 e. The molecule has 0 saturated heterocycles. The average molecular weight is 839 g/mol. The minimum absolute atomic E-state index is 0.105. The number of carbonyl (C=O) groups is 2. The molecule has 0 aromatic heterocycles. The predicted molar refractivity (Wildman–Crippen MR) is 221 cm³/mol. The van der Waals surface area contributed by atoms with E-state index in [9.17, 15) is 44.6 Å². The fourth-order valence-electron chi connectivity index (χ4n) is 7.23. The summed E-state index contributed by atoms with van der Waals surface area (Å²) < 4.78 is 33.4. The summed E-state index contributed by atoms with van der Waals surface area (Å²) in [5, 5.41) is 50.0. The Kier molecular flexibility index (Phi) is 32.7. The highest BCUT2D eigenvalue weighted by Gasteiger charge is 2.51. The third kappa shape index (κ3) is 27.3. The number of aliphatic hydroxyl groups is 5. The molecular formula is C43H83O13P. The fraction of sp³-hybridized carbons (Fsp3) is 0.953. The Morgan fingerprint density at radius 2 is 0.789 bits per heavy atom. The topological polar surface area (TPSA) is 210 Å². The lowest BCUT2D eigenvalue weighted by Crippen LogP contribution is -2.64. The first-order valence-electron chi connectivity index (χ1n) is 22.8. The van der Waals surface area contributed by atoms with Gasteiger partial charge in [-0.25, -0.2) is 4.57 Å². The van der Waals surface area contributed by atoms with Crippen molar-refractivity contribution >= 4 is 19.8 Å². The Bertz CT molecular complexity index is 1020. The van der Waals surface area contributed by atoms with E-state index in [2.05, 4.69) is 13.8 Å². The molecule has 0 spiro atoms. The normalized spacial score (nSPS) is 22.6. The summed E-state index contributed by atoms with van der Waals surface area (Å²) in [4.78, 5) is 35.6. The second-order valence-corrected chi connectivity index (χ2v) is 17.7. The summed E-state index contributed by atoms with van der Waals surface area (Å²) in [7, 11) is -5.10. The first-order valence-corrected chi connectivity index (χ1v) is 24.3. The number of esters is 2. The van der Waals surface area contributed by atoms with Gasteiger partial charge in [0.15, 0.2) is 6.10 Å². The monoisotopic (exact) mass is 839 g/mol. The third-order valence-electron chi connectivity index (χ3n) is 10.9. The van der Waals surface area contributed by atoms with E-state index in [0.29, 0.717) is 12.8 Å². The molecule has 0 aromatic rings. The molecule has 1 aliphatic rings. The second kappa shape index (κ2) is 34.6. The SMILES string of the molecule is CCCCCCCCCCCCCCCCCCCCCC(=O)OC(COC(=O)CCCCCCCCCCC)COP(=O)(O)OC1C(O)C(O)C(O)C(O)C1O. The fourth-order valence-corrected chi connectivity index (χ4v) is 8.20. The summed E-state index contributed by atoms with van der Waals surface area (Å²) in [5.41, 5.74) is 0. The van der Waals surface area contributed by atoms with Gasteiger partial charge in [-0.1, -0.05) is 181 Å². The van der Waals surface area contributed by atoms with Gasteiger partial charge in [-0.15, -0.1) is 0 Å². The molecule has 1 rings (SSSR count). The van der Waals surface area contributed by atoms with Crippen molar-refractivity contribution in [1.29, 1.82) is 0 Å². The molecule has 14 heteroatoms. The van der Waals surface area contributed by atoms with E-state index in [4.69, 9.17) is 18.5 Å². The number of ether oxygens (including phenoxy) is 2. The van der Waals surface area contributed by atoms with E-state index < -0.39 is 75.7 Å². The zero-order valence-corrected chi connectivity index (χ0v) is 36.6. The van der Waals surface area contributed by atoms with E-state index in [1.165, 1.54) is 128 Å². The maximum atomic E-state index is 12.8. The van der Waals surface area contributed by atoms with Gasteiger partial charge in [0.2, 0.25) is 0 Å². The molecule has 6 unspecified atom stereocenters. The van der Waals surface area contributed by atoms with Gasteiger partial charge in [-0.05, 0) is 12.8 Å². The number of hydrogen-bond donors (Lipinski definition) is 6. The van der Waals surface area contributed by atoms with Crippen molar-refractivity contribution in [3.05, 3.63) is 0 Å². The zero-order valence-electron chi connectivity index (χ0n) is 35.7. The highest BCUT2D eigenvalue weighted by atomic mass is 31.2. The molecular weight excluding hydrogens is 755 g/mol. The van der Waals surface area contributed by atoms with Crippen LogP contribution in [0.5, 0.6) is 0 Å². The Hall–Kier alpha value is -1.15. The first-order chi connectivity index (χ1) is 27.4. The van der Waals surface area contributed by atoms with Crippen molar-refractivity contribution in [2.75, 3.05) is 13.2 Å². The second-order valence-electron chi connectivity index (χ2n) is 16.3. The lowest BCUT2D eigenvalue weighted by atomic mass is 9.85. The van der Waals surface area contributed by atoms with Crippen LogP contribution < -0.4 is 0 Å². The molecule has 0 radical (unpaired) electrons. The molecule has 1 fully saturated rings. The van der Waals surface area contributed by atoms with Gasteiger partial charge in [0, 0.05) is 12.8 Å². The van der Waals surface area contributed by atoms with Crippen molar-refractivity contribution in [3.63, 3.8) is 0 Å². The highest BCUT2D eigenvalue weighted by molar-refractivity contribution is 7.47. The quantitative estimate of drug-likeness (QED) is 0.0196. The molecule has 13 nitrogen and oxygen atoms in total. The number of unbranched alkanes of at least 4 members (excludes halogenated alkanes) is 26. The Labute approximate surface area is 344 Å². The van der Waals surface area contributed by atoms with Gasteiger partial charge in [-0.2, -0.15) is 0 Å². The van der Waals surface area contributed by atoms with Crippen LogP contribution >= 0.6 is 7.82 Å². The van der Waals surface area contributed by atoms with E-state index in [-0.39, 0.29) is 12.8 Å². The minimum atomic E-state index is -5.10. The van der Waals surface area contributed by atoms with E-state index in [1.807, 2.05) is 0 Å². The smallest absolute Gasteiger partial charge is 0.462 e. The number of phosphoric ester groups is 1. The van der Waals surface area contributed by atoms with Crippen LogP contribution in [0.4, 0.5) is 0 Å². The van der Waals surface area contributed by atoms with Crippen LogP contribution in [0.3, 0.4) is 0 Å². The van der Waals surface area contributed by atoms with E-state index in [1.54, 1.807) is 0 Å². The van der Waals surface area contributed by atoms with Gasteiger partial charge in [0.25, 0.3) is 0 Å². The van der Waals surface area contributed by atoms with Crippen LogP contribution in [-0.4, -0.2) is 98.3 Å². The predicted octanol–water partition coefficient (Wildman–Crippen LogP) is 8.50. The van der Waals surface area contributed by atoms with Gasteiger partial charge in [-0.3, -0.25) is 18.6 Å². The maximum absolute atomic E-state index is 12.8. The van der Waals surface area contributed by atoms with Crippen molar-refractivity contribution in [3.8, 4) is 0 Å². The van der Waals surface area contributed by atoms with Crippen molar-refractivity contribution in [2.45, 2.75) is 249 Å². The van der Waals surface area contributed by atoms with Crippen molar-refractivity contribution in [2.24, 2.45) is 0 Å². The Morgan fingerprint density at radius 3 is 1.16 bits per heavy atom. The van der Waals surface area contributed by atoms with E-state index in [0.717, 1.165) is 38.5 Å². The largest absolute Gasteiger partial charge is 0.472 e. The molecule has 1 saturated carbocycles. The molecule has 0 aromatic carbocycles. The molecule has 0 heterocycles. The third-order valence-corrected chi connectivity index (χ3v) is 11.9. The summed E-state index contributed by atoms with van der Waals surface area (Å²) in [5.74, 6) is -1.09. The number of hydrogen-bond acceptors (Lipinski definition) is 12. The van der Waals surface area contributed by atoms with Gasteiger partial charge in [0.05, 0.1) is 6.61 Å². The average Bonchev–Trinajstić information content (AvgIpc) is 3.19. The molecule has 0 aliphatic heterocycles. The lowest BCUT2D eigenvalue weighted by molar-refractivity contribution is -0.220. The molecule has 6 atom stereocenters. The van der Waals surface area contributed by atoms with Crippen LogP contribution in [0.15, 0.2) is 0 Å². The summed E-state index contributed by atoms with van der Waals surface area (Å²) in [6.07, 6.45) is 20.4. The van der Waals surface area contributed by atoms with Crippen LogP contribution in [-0.2, 0) is 32.7 Å². The Balaban J connectivity index is 2.40. The molecule has 57 heavy (non-hydrogen) atoms. The van der Waals surface area contributed by atoms with Crippen molar-refractivity contribution < 1.29 is 63.1 Å². The Morgan fingerprint density at radius 1 is 0.474 bits per heavy atom. The van der Waals surface area contributed by atoms with Crippen molar-refractivity contribution in [1.82, 2.24) is 0 Å². The first kappa shape index (κ1) is 53.9. The van der Waals surface area contributed by atoms with Gasteiger partial charge >= 0.3 is 19.8 Å². The number of carbonyl (C=O) groups excluding carboxylic acids is 2. The summed E-state index contributed by atoms with van der Waals surface area (Å²) in [6, 6.07) is 0.